The van der Waals surface area contributed by atoms with Gasteiger partial charge in [0.05, 0.1) is 0 Å². The van der Waals surface area contributed by atoms with E-state index >= 15 is 0 Å². The average Bonchev–Trinajstić information content (AvgIpc) is 3.00. The molecule has 0 radical (unpaired) electrons. The van der Waals surface area contributed by atoms with E-state index in [0.29, 0.717) is 11.6 Å². The number of hydrogen-bond donors (Lipinski definition) is 1. The Bertz CT molecular complexity index is 909. The van der Waals surface area contributed by atoms with Crippen LogP contribution in [0.15, 0.2) is 42.6 Å². The van der Waals surface area contributed by atoms with Crippen molar-refractivity contribution in [2.75, 3.05) is 0 Å². The number of nitrogens with one attached hydrogen (secondary N) is 1. The summed E-state index contributed by atoms with van der Waals surface area (Å²) in [5.74, 6) is 0.826. The van der Waals surface area contributed by atoms with Crippen molar-refractivity contribution in [2.45, 2.75) is 38.1 Å². The fourth-order valence-electron chi connectivity index (χ4n) is 3.60. The number of amides is 1. The van der Waals surface area contributed by atoms with E-state index in [1.807, 2.05) is 48.0 Å². The van der Waals surface area contributed by atoms with Gasteiger partial charge in [0, 0.05) is 30.4 Å². The first-order valence-electron chi connectivity index (χ1n) is 8.91. The molecule has 0 unspecified atom stereocenters. The third-order valence-electron chi connectivity index (χ3n) is 4.95. The molecular formula is C20H22N4O. The Morgan fingerprint density at radius 3 is 2.80 bits per heavy atom. The second kappa shape index (κ2) is 6.67. The number of benzene rings is 1. The topological polar surface area (TPSA) is 59.8 Å². The molecule has 4 rings (SSSR count). The summed E-state index contributed by atoms with van der Waals surface area (Å²) in [6.07, 6.45) is 7.63. The highest BCUT2D eigenvalue weighted by atomic mass is 16.1. The third-order valence-corrected chi connectivity index (χ3v) is 4.95. The van der Waals surface area contributed by atoms with Crippen molar-refractivity contribution in [2.24, 2.45) is 7.05 Å². The predicted octanol–water partition coefficient (Wildman–Crippen LogP) is 3.70. The Morgan fingerprint density at radius 2 is 2.00 bits per heavy atom. The van der Waals surface area contributed by atoms with Crippen LogP contribution in [-0.2, 0) is 7.05 Å². The van der Waals surface area contributed by atoms with Crippen molar-refractivity contribution in [1.82, 2.24) is 19.9 Å². The first-order chi connectivity index (χ1) is 12.2. The quantitative estimate of drug-likeness (QED) is 0.794. The molecule has 0 aliphatic heterocycles. The number of hydrogen-bond acceptors (Lipinski definition) is 3. The molecule has 1 saturated carbocycles. The molecule has 128 valence electrons. The zero-order chi connectivity index (χ0) is 17.2. The minimum absolute atomic E-state index is 0.00522. The summed E-state index contributed by atoms with van der Waals surface area (Å²) in [6, 6.07) is 11.8. The van der Waals surface area contributed by atoms with Crippen LogP contribution in [0.3, 0.4) is 0 Å². The van der Waals surface area contributed by atoms with Gasteiger partial charge in [-0.05, 0) is 37.1 Å². The molecule has 2 heterocycles. The van der Waals surface area contributed by atoms with E-state index in [1.165, 1.54) is 19.3 Å². The molecule has 5 nitrogen and oxygen atoms in total. The van der Waals surface area contributed by atoms with Crippen LogP contribution < -0.4 is 5.32 Å². The predicted molar refractivity (Wildman–Crippen MR) is 98.3 cm³/mol. The molecular weight excluding hydrogens is 312 g/mol. The van der Waals surface area contributed by atoms with Crippen molar-refractivity contribution < 1.29 is 4.79 Å². The first-order valence-corrected chi connectivity index (χ1v) is 8.91. The number of nitrogens with zero attached hydrogens (tertiary/aromatic N) is 3. The summed E-state index contributed by atoms with van der Waals surface area (Å²) >= 11 is 0. The van der Waals surface area contributed by atoms with Gasteiger partial charge in [0.2, 0.25) is 0 Å². The zero-order valence-corrected chi connectivity index (χ0v) is 14.4. The lowest BCUT2D eigenvalue weighted by Crippen LogP contribution is -2.36. The molecule has 1 N–H and O–H groups in total. The van der Waals surface area contributed by atoms with Crippen LogP contribution in [0.4, 0.5) is 0 Å². The molecule has 2 aromatic heterocycles. The van der Waals surface area contributed by atoms with Crippen LogP contribution in [0.1, 0.15) is 42.5 Å². The number of aryl methyl sites for hydroxylation is 1. The Morgan fingerprint density at radius 1 is 1.16 bits per heavy atom. The molecule has 0 spiro atoms. The minimum Gasteiger partial charge on any atom is -0.349 e. The van der Waals surface area contributed by atoms with Gasteiger partial charge >= 0.3 is 0 Å². The van der Waals surface area contributed by atoms with Gasteiger partial charge in [-0.3, -0.25) is 4.79 Å². The van der Waals surface area contributed by atoms with Crippen LogP contribution >= 0.6 is 0 Å². The van der Waals surface area contributed by atoms with Crippen molar-refractivity contribution >= 4 is 17.1 Å². The number of rotatable bonds is 3. The molecule has 0 bridgehead atoms. The van der Waals surface area contributed by atoms with Gasteiger partial charge in [0.1, 0.15) is 11.3 Å². The maximum atomic E-state index is 12.6. The van der Waals surface area contributed by atoms with Gasteiger partial charge in [0.25, 0.3) is 5.91 Å². The normalized spacial score (nSPS) is 15.4. The lowest BCUT2D eigenvalue weighted by atomic mass is 9.95. The molecule has 1 aliphatic rings. The summed E-state index contributed by atoms with van der Waals surface area (Å²) in [7, 11) is 1.95. The van der Waals surface area contributed by atoms with Gasteiger partial charge in [-0.1, -0.05) is 31.4 Å². The fourth-order valence-corrected chi connectivity index (χ4v) is 3.60. The SMILES string of the molecule is Cn1c(-c2cccc(C(=O)NC3CCCCC3)c2)nc2cccnc21. The van der Waals surface area contributed by atoms with Crippen LogP contribution in [0.2, 0.25) is 0 Å². The summed E-state index contributed by atoms with van der Waals surface area (Å²) in [6.45, 7) is 0. The molecule has 1 aliphatic carbocycles. The molecule has 1 fully saturated rings. The number of carbonyl (C=O) groups excluding carboxylic acids is 1. The highest BCUT2D eigenvalue weighted by Gasteiger charge is 2.17. The number of pyridine rings is 1. The molecule has 1 amide bonds. The van der Waals surface area contributed by atoms with Crippen LogP contribution in [0, 0.1) is 0 Å². The van der Waals surface area contributed by atoms with Gasteiger partial charge in [-0.25, -0.2) is 9.97 Å². The first kappa shape index (κ1) is 15.8. The van der Waals surface area contributed by atoms with E-state index in [-0.39, 0.29) is 5.91 Å². The number of aromatic nitrogens is 3. The van der Waals surface area contributed by atoms with Gasteiger partial charge in [-0.2, -0.15) is 0 Å². The van der Waals surface area contributed by atoms with Crippen molar-refractivity contribution in [1.29, 1.82) is 0 Å². The summed E-state index contributed by atoms with van der Waals surface area (Å²) in [5, 5.41) is 3.18. The molecule has 25 heavy (non-hydrogen) atoms. The lowest BCUT2D eigenvalue weighted by Gasteiger charge is -2.22. The lowest BCUT2D eigenvalue weighted by molar-refractivity contribution is 0.0928. The van der Waals surface area contributed by atoms with Crippen molar-refractivity contribution in [3.8, 4) is 11.4 Å². The van der Waals surface area contributed by atoms with E-state index in [4.69, 9.17) is 0 Å². The summed E-state index contributed by atoms with van der Waals surface area (Å²) < 4.78 is 1.97. The monoisotopic (exact) mass is 334 g/mol. The smallest absolute Gasteiger partial charge is 0.251 e. The van der Waals surface area contributed by atoms with Gasteiger partial charge < -0.3 is 9.88 Å². The molecule has 3 aromatic rings. The number of carbonyl (C=O) groups is 1. The van der Waals surface area contributed by atoms with Crippen molar-refractivity contribution in [3.63, 3.8) is 0 Å². The average molecular weight is 334 g/mol. The van der Waals surface area contributed by atoms with E-state index < -0.39 is 0 Å². The molecule has 1 aromatic carbocycles. The minimum atomic E-state index is 0.00522. The largest absolute Gasteiger partial charge is 0.349 e. The zero-order valence-electron chi connectivity index (χ0n) is 14.4. The van der Waals surface area contributed by atoms with E-state index in [2.05, 4.69) is 15.3 Å². The maximum Gasteiger partial charge on any atom is 0.251 e. The van der Waals surface area contributed by atoms with E-state index in [9.17, 15) is 4.79 Å². The standard InChI is InChI=1S/C20H22N4O/c1-24-18(23-17-11-6-12-21-19(17)24)14-7-5-8-15(13-14)20(25)22-16-9-3-2-4-10-16/h5-8,11-13,16H,2-4,9-10H2,1H3,(H,22,25). The maximum absolute atomic E-state index is 12.6. The Labute approximate surface area is 147 Å². The van der Waals surface area contributed by atoms with Crippen LogP contribution in [-0.4, -0.2) is 26.5 Å². The van der Waals surface area contributed by atoms with Crippen LogP contribution in [0.25, 0.3) is 22.6 Å². The molecule has 0 saturated heterocycles. The number of fused-ring (bicyclic) bond motifs is 1. The second-order valence-corrected chi connectivity index (χ2v) is 6.73. The van der Waals surface area contributed by atoms with Gasteiger partial charge in [0.15, 0.2) is 5.65 Å². The van der Waals surface area contributed by atoms with E-state index in [1.54, 1.807) is 6.20 Å². The third kappa shape index (κ3) is 3.14. The second-order valence-electron chi connectivity index (χ2n) is 6.73. The Balaban J connectivity index is 1.62. The Kier molecular flexibility index (Phi) is 4.22. The fraction of sp³-hybridized carbons (Fsp3) is 0.350. The highest BCUT2D eigenvalue weighted by Crippen LogP contribution is 2.23. The van der Waals surface area contributed by atoms with Crippen LogP contribution in [0.5, 0.6) is 0 Å². The highest BCUT2D eigenvalue weighted by molar-refractivity contribution is 5.95. The molecule has 0 atom stereocenters. The Hall–Kier alpha value is -2.69. The van der Waals surface area contributed by atoms with E-state index in [0.717, 1.165) is 35.4 Å². The summed E-state index contributed by atoms with van der Waals surface area (Å²) in [4.78, 5) is 21.7. The van der Waals surface area contributed by atoms with Gasteiger partial charge in [-0.15, -0.1) is 0 Å². The number of imidazole rings is 1. The molecule has 5 heteroatoms. The van der Waals surface area contributed by atoms with Crippen molar-refractivity contribution in [3.05, 3.63) is 48.2 Å². The summed E-state index contributed by atoms with van der Waals surface area (Å²) in [5.41, 5.74) is 3.31.